The van der Waals surface area contributed by atoms with Crippen molar-refractivity contribution in [3.8, 4) is 0 Å². The highest BCUT2D eigenvalue weighted by Gasteiger charge is 2.36. The monoisotopic (exact) mass is 591 g/mol. The molecule has 0 radical (unpaired) electrons. The SMILES string of the molecule is O=S(=O)(Nc1ccc(C2OC(CN3CCCC3CN3CCCC3)CC(c3ccc(CO)cc3)O2)cc1)c1ccccc1. The number of nitrogens with zero attached hydrogens (tertiary/aromatic N) is 2. The highest BCUT2D eigenvalue weighted by Crippen LogP contribution is 2.39. The largest absolute Gasteiger partial charge is 0.392 e. The zero-order chi connectivity index (χ0) is 28.9. The van der Waals surface area contributed by atoms with Crippen molar-refractivity contribution in [2.45, 2.75) is 68.1 Å². The maximum Gasteiger partial charge on any atom is 0.261 e. The molecule has 2 N–H and O–H groups in total. The molecule has 224 valence electrons. The van der Waals surface area contributed by atoms with E-state index in [1.165, 1.54) is 38.8 Å². The summed E-state index contributed by atoms with van der Waals surface area (Å²) in [6.45, 7) is 5.52. The van der Waals surface area contributed by atoms with Crippen LogP contribution >= 0.6 is 0 Å². The summed E-state index contributed by atoms with van der Waals surface area (Å²) in [5, 5.41) is 9.51. The van der Waals surface area contributed by atoms with Crippen LogP contribution in [0.4, 0.5) is 5.69 Å². The molecule has 0 bridgehead atoms. The van der Waals surface area contributed by atoms with Crippen molar-refractivity contribution < 1.29 is 23.0 Å². The average molecular weight is 592 g/mol. The molecule has 6 rings (SSSR count). The van der Waals surface area contributed by atoms with Crippen LogP contribution in [0.1, 0.15) is 61.2 Å². The van der Waals surface area contributed by atoms with E-state index in [0.29, 0.717) is 11.7 Å². The molecule has 3 aromatic carbocycles. The van der Waals surface area contributed by atoms with E-state index < -0.39 is 16.3 Å². The number of nitrogens with one attached hydrogen (secondary N) is 1. The number of aliphatic hydroxyl groups excluding tert-OH is 1. The van der Waals surface area contributed by atoms with Gasteiger partial charge in [0.2, 0.25) is 0 Å². The molecule has 42 heavy (non-hydrogen) atoms. The van der Waals surface area contributed by atoms with E-state index >= 15 is 0 Å². The van der Waals surface area contributed by atoms with Gasteiger partial charge < -0.3 is 19.5 Å². The summed E-state index contributed by atoms with van der Waals surface area (Å²) < 4.78 is 41.4. The number of sulfonamides is 1. The molecule has 3 aromatic rings. The van der Waals surface area contributed by atoms with Crippen LogP contribution in [0.3, 0.4) is 0 Å². The first-order valence-corrected chi connectivity index (χ1v) is 16.6. The maximum atomic E-state index is 12.8. The highest BCUT2D eigenvalue weighted by atomic mass is 32.2. The van der Waals surface area contributed by atoms with Crippen molar-refractivity contribution >= 4 is 15.7 Å². The summed E-state index contributed by atoms with van der Waals surface area (Å²) in [5.74, 6) is 0. The molecule has 8 nitrogen and oxygen atoms in total. The van der Waals surface area contributed by atoms with E-state index in [1.54, 1.807) is 42.5 Å². The molecule has 0 saturated carbocycles. The predicted molar refractivity (Wildman–Crippen MR) is 162 cm³/mol. The van der Waals surface area contributed by atoms with Gasteiger partial charge in [-0.15, -0.1) is 0 Å². The Balaban J connectivity index is 1.18. The van der Waals surface area contributed by atoms with Gasteiger partial charge in [-0.1, -0.05) is 54.6 Å². The van der Waals surface area contributed by atoms with E-state index in [2.05, 4.69) is 14.5 Å². The lowest BCUT2D eigenvalue weighted by Crippen LogP contribution is -2.45. The molecule has 3 aliphatic heterocycles. The molecule has 0 aliphatic carbocycles. The van der Waals surface area contributed by atoms with Gasteiger partial charge in [0, 0.05) is 36.8 Å². The van der Waals surface area contributed by atoms with Crippen LogP contribution in [0.5, 0.6) is 0 Å². The van der Waals surface area contributed by atoms with Gasteiger partial charge in [-0.2, -0.15) is 0 Å². The lowest BCUT2D eigenvalue weighted by Gasteiger charge is -2.39. The Hall–Kier alpha value is -2.79. The summed E-state index contributed by atoms with van der Waals surface area (Å²) in [7, 11) is -3.68. The van der Waals surface area contributed by atoms with Crippen molar-refractivity contribution in [3.63, 3.8) is 0 Å². The van der Waals surface area contributed by atoms with E-state index in [1.807, 2.05) is 36.4 Å². The summed E-state index contributed by atoms with van der Waals surface area (Å²) in [5.41, 5.74) is 3.25. The third-order valence-corrected chi connectivity index (χ3v) is 10.1. The number of anilines is 1. The van der Waals surface area contributed by atoms with Gasteiger partial charge >= 0.3 is 0 Å². The van der Waals surface area contributed by atoms with E-state index in [-0.39, 0.29) is 23.7 Å². The van der Waals surface area contributed by atoms with Crippen LogP contribution < -0.4 is 4.72 Å². The van der Waals surface area contributed by atoms with Crippen molar-refractivity contribution in [1.29, 1.82) is 0 Å². The second kappa shape index (κ2) is 13.2. The van der Waals surface area contributed by atoms with Gasteiger partial charge in [-0.05, 0) is 80.7 Å². The van der Waals surface area contributed by atoms with Gasteiger partial charge in [0.05, 0.1) is 23.7 Å². The molecule has 9 heteroatoms. The Labute approximate surface area is 249 Å². The second-order valence-corrected chi connectivity index (χ2v) is 13.4. The zero-order valence-corrected chi connectivity index (χ0v) is 24.8. The van der Waals surface area contributed by atoms with Gasteiger partial charge in [-0.3, -0.25) is 9.62 Å². The smallest absolute Gasteiger partial charge is 0.261 e. The molecule has 3 fully saturated rings. The highest BCUT2D eigenvalue weighted by molar-refractivity contribution is 7.92. The minimum atomic E-state index is -3.68. The molecule has 3 saturated heterocycles. The Morgan fingerprint density at radius 3 is 2.24 bits per heavy atom. The molecule has 0 spiro atoms. The lowest BCUT2D eigenvalue weighted by molar-refractivity contribution is -0.253. The van der Waals surface area contributed by atoms with Crippen molar-refractivity contribution in [1.82, 2.24) is 9.80 Å². The van der Waals surface area contributed by atoms with Gasteiger partial charge in [0.25, 0.3) is 10.0 Å². The number of likely N-dealkylation sites (tertiary alicyclic amines) is 2. The number of benzene rings is 3. The fourth-order valence-corrected chi connectivity index (χ4v) is 7.50. The molecule has 4 atom stereocenters. The summed E-state index contributed by atoms with van der Waals surface area (Å²) in [4.78, 5) is 5.44. The van der Waals surface area contributed by atoms with Crippen molar-refractivity contribution in [2.75, 3.05) is 37.4 Å². The van der Waals surface area contributed by atoms with Gasteiger partial charge in [0.1, 0.15) is 0 Å². The van der Waals surface area contributed by atoms with Crippen molar-refractivity contribution in [2.24, 2.45) is 0 Å². The standard InChI is InChI=1S/C33H41N3O5S/c37-24-25-10-12-26(13-11-25)32-21-30(23-36-20-6-7-29(36)22-35-18-4-5-19-35)40-33(41-32)27-14-16-28(17-15-27)34-42(38,39)31-8-2-1-3-9-31/h1-3,8-17,29-30,32-34,37H,4-7,18-24H2. The van der Waals surface area contributed by atoms with E-state index in [4.69, 9.17) is 9.47 Å². The van der Waals surface area contributed by atoms with Crippen LogP contribution in [0.2, 0.25) is 0 Å². The Kier molecular flexibility index (Phi) is 9.23. The first kappa shape index (κ1) is 29.3. The summed E-state index contributed by atoms with van der Waals surface area (Å²) in [6.07, 6.45) is 5.07. The number of hydrogen-bond acceptors (Lipinski definition) is 7. The Morgan fingerprint density at radius 2 is 1.52 bits per heavy atom. The third kappa shape index (κ3) is 7.05. The van der Waals surface area contributed by atoms with Crippen molar-refractivity contribution in [3.05, 3.63) is 95.6 Å². The average Bonchev–Trinajstić information content (AvgIpc) is 3.70. The molecule has 0 amide bonds. The fourth-order valence-electron chi connectivity index (χ4n) is 6.42. The second-order valence-electron chi connectivity index (χ2n) is 11.7. The molecular formula is C33H41N3O5S. The van der Waals surface area contributed by atoms with Gasteiger partial charge in [-0.25, -0.2) is 8.42 Å². The van der Waals surface area contributed by atoms with Gasteiger partial charge in [0.15, 0.2) is 6.29 Å². The molecule has 3 heterocycles. The Morgan fingerprint density at radius 1 is 0.810 bits per heavy atom. The molecule has 0 aromatic heterocycles. The maximum absolute atomic E-state index is 12.8. The van der Waals surface area contributed by atoms with Crippen LogP contribution in [0.15, 0.2) is 83.8 Å². The molecule has 3 aliphatic rings. The first-order valence-electron chi connectivity index (χ1n) is 15.1. The van der Waals surface area contributed by atoms with Crippen LogP contribution in [-0.4, -0.2) is 68.2 Å². The van der Waals surface area contributed by atoms with Crippen LogP contribution in [0.25, 0.3) is 0 Å². The normalized spacial score (nSPS) is 25.5. The first-order chi connectivity index (χ1) is 20.5. The quantitative estimate of drug-likeness (QED) is 0.340. The minimum Gasteiger partial charge on any atom is -0.392 e. The topological polar surface area (TPSA) is 91.3 Å². The van der Waals surface area contributed by atoms with E-state index in [0.717, 1.165) is 42.7 Å². The molecular weight excluding hydrogens is 550 g/mol. The zero-order valence-electron chi connectivity index (χ0n) is 24.0. The fraction of sp³-hybridized carbons (Fsp3) is 0.455. The van der Waals surface area contributed by atoms with E-state index in [9.17, 15) is 13.5 Å². The predicted octanol–water partition coefficient (Wildman–Crippen LogP) is 5.09. The van der Waals surface area contributed by atoms with Crippen LogP contribution in [0, 0.1) is 0 Å². The minimum absolute atomic E-state index is 0.00784. The number of ether oxygens (including phenoxy) is 2. The summed E-state index contributed by atoms with van der Waals surface area (Å²) in [6, 6.07) is 24.1. The number of hydrogen-bond donors (Lipinski definition) is 2. The lowest BCUT2D eigenvalue weighted by atomic mass is 9.99. The number of aliphatic hydroxyl groups is 1. The summed E-state index contributed by atoms with van der Waals surface area (Å²) >= 11 is 0. The molecule has 4 unspecified atom stereocenters. The Bertz CT molecular complexity index is 1400. The third-order valence-electron chi connectivity index (χ3n) is 8.71. The van der Waals surface area contributed by atoms with Crippen LogP contribution in [-0.2, 0) is 26.1 Å². The number of rotatable bonds is 10.